The van der Waals surface area contributed by atoms with E-state index in [1.165, 1.54) is 11.1 Å². The molecule has 1 aromatic rings. The smallest absolute Gasteiger partial charge is 0.0746 e. The maximum absolute atomic E-state index is 4.50. The molecule has 0 aliphatic rings. The maximum Gasteiger partial charge on any atom is 0.0746 e. The first kappa shape index (κ1) is 9.59. The standard InChI is InChI=1S/C9H8BrNS/c1-7-8(5-11-6-12)3-2-4-9(7)10/h2-4H,5H2,1H3. The highest BCUT2D eigenvalue weighted by atomic mass is 79.9. The average molecular weight is 242 g/mol. The SMILES string of the molecule is Cc1c(Br)cccc1CN=C=S. The Labute approximate surface area is 85.6 Å². The predicted molar refractivity (Wildman–Crippen MR) is 57.6 cm³/mol. The summed E-state index contributed by atoms with van der Waals surface area (Å²) in [6.07, 6.45) is 0. The first-order valence-corrected chi connectivity index (χ1v) is 4.73. The molecule has 0 heterocycles. The lowest BCUT2D eigenvalue weighted by molar-refractivity contribution is 1.06. The highest BCUT2D eigenvalue weighted by Gasteiger charge is 1.99. The highest BCUT2D eigenvalue weighted by molar-refractivity contribution is 9.10. The van der Waals surface area contributed by atoms with Crippen LogP contribution in [0.25, 0.3) is 0 Å². The van der Waals surface area contributed by atoms with Crippen LogP contribution in [0.1, 0.15) is 11.1 Å². The summed E-state index contributed by atoms with van der Waals surface area (Å²) < 4.78 is 1.11. The monoisotopic (exact) mass is 241 g/mol. The van der Waals surface area contributed by atoms with Crippen LogP contribution in [0.2, 0.25) is 0 Å². The van der Waals surface area contributed by atoms with Gasteiger partial charge in [0.2, 0.25) is 0 Å². The molecule has 0 N–H and O–H groups in total. The quantitative estimate of drug-likeness (QED) is 0.572. The van der Waals surface area contributed by atoms with E-state index in [1.54, 1.807) is 0 Å². The number of nitrogens with zero attached hydrogens (tertiary/aromatic N) is 1. The zero-order chi connectivity index (χ0) is 8.97. The second kappa shape index (κ2) is 4.51. The minimum absolute atomic E-state index is 0.620. The fourth-order valence-corrected chi connectivity index (χ4v) is 1.41. The van der Waals surface area contributed by atoms with Gasteiger partial charge in [0.15, 0.2) is 0 Å². The topological polar surface area (TPSA) is 12.4 Å². The third-order valence-electron chi connectivity index (χ3n) is 1.69. The van der Waals surface area contributed by atoms with Gasteiger partial charge in [0.05, 0.1) is 11.7 Å². The second-order valence-electron chi connectivity index (χ2n) is 2.43. The van der Waals surface area contributed by atoms with Crippen LogP contribution in [-0.2, 0) is 6.54 Å². The van der Waals surface area contributed by atoms with Crippen LogP contribution in [0.15, 0.2) is 27.7 Å². The van der Waals surface area contributed by atoms with Crippen molar-refractivity contribution in [1.82, 2.24) is 0 Å². The van der Waals surface area contributed by atoms with Crippen LogP contribution in [0.3, 0.4) is 0 Å². The zero-order valence-electron chi connectivity index (χ0n) is 6.67. The van der Waals surface area contributed by atoms with Crippen molar-refractivity contribution in [3.63, 3.8) is 0 Å². The van der Waals surface area contributed by atoms with Gasteiger partial charge in [0, 0.05) is 4.47 Å². The maximum atomic E-state index is 4.50. The molecular formula is C9H8BrNS. The van der Waals surface area contributed by atoms with Crippen LogP contribution >= 0.6 is 28.1 Å². The number of isothiocyanates is 1. The van der Waals surface area contributed by atoms with Gasteiger partial charge in [-0.3, -0.25) is 0 Å². The predicted octanol–water partition coefficient (Wildman–Crippen LogP) is 3.36. The van der Waals surface area contributed by atoms with E-state index in [2.05, 4.69) is 45.2 Å². The summed E-state index contributed by atoms with van der Waals surface area (Å²) in [5.41, 5.74) is 2.40. The Kier molecular flexibility index (Phi) is 3.60. The Bertz CT molecular complexity index is 329. The fraction of sp³-hybridized carbons (Fsp3) is 0.222. The number of aliphatic imine (C=N–C) groups is 1. The summed E-state index contributed by atoms with van der Waals surface area (Å²) >= 11 is 7.95. The minimum atomic E-state index is 0.620. The number of hydrogen-bond donors (Lipinski definition) is 0. The Morgan fingerprint density at radius 3 is 3.00 bits per heavy atom. The third kappa shape index (κ3) is 2.24. The lowest BCUT2D eigenvalue weighted by atomic mass is 10.1. The van der Waals surface area contributed by atoms with Crippen molar-refractivity contribution < 1.29 is 0 Å². The molecule has 0 bridgehead atoms. The summed E-state index contributed by atoms with van der Waals surface area (Å²) in [4.78, 5) is 3.89. The summed E-state index contributed by atoms with van der Waals surface area (Å²) in [6.45, 7) is 2.67. The van der Waals surface area contributed by atoms with Crippen molar-refractivity contribution >= 4 is 33.3 Å². The van der Waals surface area contributed by atoms with Crippen LogP contribution in [0.5, 0.6) is 0 Å². The van der Waals surface area contributed by atoms with Crippen molar-refractivity contribution in [2.24, 2.45) is 4.99 Å². The number of benzene rings is 1. The summed E-state index contributed by atoms with van der Waals surface area (Å²) in [6, 6.07) is 6.04. The molecule has 1 nitrogen and oxygen atoms in total. The molecule has 0 atom stereocenters. The Morgan fingerprint density at radius 1 is 1.58 bits per heavy atom. The number of rotatable bonds is 2. The van der Waals surface area contributed by atoms with Gasteiger partial charge in [-0.1, -0.05) is 28.1 Å². The molecule has 0 aromatic heterocycles. The second-order valence-corrected chi connectivity index (χ2v) is 3.47. The van der Waals surface area contributed by atoms with Crippen LogP contribution in [0.4, 0.5) is 0 Å². The van der Waals surface area contributed by atoms with Gasteiger partial charge in [0.1, 0.15) is 0 Å². The number of hydrogen-bond acceptors (Lipinski definition) is 2. The van der Waals surface area contributed by atoms with Crippen molar-refractivity contribution in [3.05, 3.63) is 33.8 Å². The molecule has 0 saturated heterocycles. The highest BCUT2D eigenvalue weighted by Crippen LogP contribution is 2.19. The Balaban J connectivity index is 2.99. The average Bonchev–Trinajstić information content (AvgIpc) is 2.08. The van der Waals surface area contributed by atoms with E-state index in [0.29, 0.717) is 6.54 Å². The van der Waals surface area contributed by atoms with Crippen molar-refractivity contribution in [1.29, 1.82) is 0 Å². The van der Waals surface area contributed by atoms with E-state index in [1.807, 2.05) is 18.2 Å². The van der Waals surface area contributed by atoms with Crippen LogP contribution < -0.4 is 0 Å². The van der Waals surface area contributed by atoms with E-state index in [0.717, 1.165) is 4.47 Å². The van der Waals surface area contributed by atoms with Gasteiger partial charge in [-0.25, -0.2) is 4.99 Å². The summed E-state index contributed by atoms with van der Waals surface area (Å²) in [7, 11) is 0. The number of halogens is 1. The van der Waals surface area contributed by atoms with E-state index in [4.69, 9.17) is 0 Å². The first-order chi connectivity index (χ1) is 5.75. The van der Waals surface area contributed by atoms with Gasteiger partial charge in [0.25, 0.3) is 0 Å². The van der Waals surface area contributed by atoms with Gasteiger partial charge >= 0.3 is 0 Å². The van der Waals surface area contributed by atoms with Crippen molar-refractivity contribution in [2.45, 2.75) is 13.5 Å². The molecule has 1 rings (SSSR count). The molecule has 0 spiro atoms. The van der Waals surface area contributed by atoms with Gasteiger partial charge < -0.3 is 0 Å². The lowest BCUT2D eigenvalue weighted by Crippen LogP contribution is -1.87. The molecule has 0 radical (unpaired) electrons. The van der Waals surface area contributed by atoms with E-state index >= 15 is 0 Å². The summed E-state index contributed by atoms with van der Waals surface area (Å²) in [5, 5.41) is 2.36. The minimum Gasteiger partial charge on any atom is -0.228 e. The number of thiocarbonyl (C=S) groups is 1. The largest absolute Gasteiger partial charge is 0.228 e. The lowest BCUT2D eigenvalue weighted by Gasteiger charge is -2.02. The third-order valence-corrected chi connectivity index (χ3v) is 2.68. The van der Waals surface area contributed by atoms with E-state index < -0.39 is 0 Å². The first-order valence-electron chi connectivity index (χ1n) is 3.53. The molecule has 62 valence electrons. The molecule has 3 heteroatoms. The molecule has 0 fully saturated rings. The molecule has 1 aromatic carbocycles. The van der Waals surface area contributed by atoms with Crippen LogP contribution in [-0.4, -0.2) is 5.16 Å². The molecule has 0 unspecified atom stereocenters. The van der Waals surface area contributed by atoms with Gasteiger partial charge in [-0.05, 0) is 36.3 Å². The molecular weight excluding hydrogens is 234 g/mol. The molecule has 0 aliphatic carbocycles. The Hall–Kier alpha value is -0.500. The van der Waals surface area contributed by atoms with Gasteiger partial charge in [-0.15, -0.1) is 0 Å². The van der Waals surface area contributed by atoms with E-state index in [-0.39, 0.29) is 0 Å². The zero-order valence-corrected chi connectivity index (χ0v) is 9.08. The van der Waals surface area contributed by atoms with Crippen molar-refractivity contribution in [3.8, 4) is 0 Å². The van der Waals surface area contributed by atoms with E-state index in [9.17, 15) is 0 Å². The molecule has 0 amide bonds. The normalized spacial score (nSPS) is 9.17. The van der Waals surface area contributed by atoms with Crippen LogP contribution in [0, 0.1) is 6.92 Å². The summed E-state index contributed by atoms with van der Waals surface area (Å²) in [5.74, 6) is 0. The van der Waals surface area contributed by atoms with Crippen molar-refractivity contribution in [2.75, 3.05) is 0 Å². The van der Waals surface area contributed by atoms with Gasteiger partial charge in [-0.2, -0.15) is 0 Å². The molecule has 12 heavy (non-hydrogen) atoms. The fourth-order valence-electron chi connectivity index (χ4n) is 0.941. The molecule has 0 aliphatic heterocycles. The molecule has 0 saturated carbocycles. The Morgan fingerprint density at radius 2 is 2.33 bits per heavy atom.